The van der Waals surface area contributed by atoms with Crippen molar-refractivity contribution in [2.45, 2.75) is 26.7 Å². The molecule has 1 aromatic carbocycles. The van der Waals surface area contributed by atoms with Crippen LogP contribution in [0.2, 0.25) is 0 Å². The molecule has 1 heterocycles. The highest BCUT2D eigenvalue weighted by Crippen LogP contribution is 2.32. The summed E-state index contributed by atoms with van der Waals surface area (Å²) in [5.74, 6) is -0.0237. The lowest BCUT2D eigenvalue weighted by atomic mass is 9.92. The van der Waals surface area contributed by atoms with Crippen LogP contribution in [0.15, 0.2) is 12.3 Å². The van der Waals surface area contributed by atoms with E-state index in [2.05, 4.69) is 11.1 Å². The summed E-state index contributed by atoms with van der Waals surface area (Å²) in [5, 5.41) is 9.75. The minimum Gasteiger partial charge on any atom is -0.357 e. The van der Waals surface area contributed by atoms with Crippen molar-refractivity contribution in [2.24, 2.45) is 0 Å². The van der Waals surface area contributed by atoms with Gasteiger partial charge in [0.05, 0.1) is 11.1 Å². The second-order valence-corrected chi connectivity index (χ2v) is 4.31. The van der Waals surface area contributed by atoms with E-state index in [-0.39, 0.29) is 11.7 Å². The number of nitrogens with one attached hydrogen (secondary N) is 1. The molecule has 2 nitrogen and oxygen atoms in total. The molecule has 0 bridgehead atoms. The number of nitriles is 1. The van der Waals surface area contributed by atoms with Crippen molar-refractivity contribution in [3.05, 3.63) is 34.8 Å². The molecule has 3 heteroatoms. The fraction of sp³-hybridized carbons (Fsp3) is 0.308. The lowest BCUT2D eigenvalue weighted by molar-refractivity contribution is 0.635. The number of hydrogen-bond donors (Lipinski definition) is 1. The van der Waals surface area contributed by atoms with Crippen molar-refractivity contribution >= 4 is 10.9 Å². The van der Waals surface area contributed by atoms with Gasteiger partial charge >= 0.3 is 0 Å². The molecule has 2 aromatic rings. The molecule has 2 rings (SSSR count). The predicted octanol–water partition coefficient (Wildman–Crippen LogP) is 3.61. The number of fused-ring (bicyclic) bond motifs is 1. The van der Waals surface area contributed by atoms with Crippen molar-refractivity contribution in [1.29, 1.82) is 5.26 Å². The number of H-pyrrole nitrogens is 1. The van der Waals surface area contributed by atoms with E-state index in [1.54, 1.807) is 6.20 Å². The summed E-state index contributed by atoms with van der Waals surface area (Å²) in [6.07, 6.45) is 1.57. The number of halogens is 1. The Bertz CT molecular complexity index is 588. The monoisotopic (exact) mass is 216 g/mol. The molecule has 0 fully saturated rings. The zero-order valence-corrected chi connectivity index (χ0v) is 9.56. The smallest absolute Gasteiger partial charge is 0.147 e. The second-order valence-electron chi connectivity index (χ2n) is 4.31. The number of aryl methyl sites for hydroxylation is 1. The molecular weight excluding hydrogens is 203 g/mol. The Labute approximate surface area is 93.7 Å². The summed E-state index contributed by atoms with van der Waals surface area (Å²) in [4.78, 5) is 2.83. The lowest BCUT2D eigenvalue weighted by Gasteiger charge is -2.12. The molecule has 16 heavy (non-hydrogen) atoms. The maximum absolute atomic E-state index is 13.7. The number of rotatable bonds is 1. The van der Waals surface area contributed by atoms with Gasteiger partial charge in [-0.25, -0.2) is 4.39 Å². The Morgan fingerprint density at radius 3 is 2.69 bits per heavy atom. The zero-order chi connectivity index (χ0) is 11.9. The van der Waals surface area contributed by atoms with Crippen molar-refractivity contribution in [1.82, 2.24) is 4.98 Å². The van der Waals surface area contributed by atoms with Crippen LogP contribution in [-0.2, 0) is 0 Å². The number of nitrogens with zero attached hydrogens (tertiary/aromatic N) is 1. The molecule has 0 aliphatic carbocycles. The summed E-state index contributed by atoms with van der Waals surface area (Å²) < 4.78 is 13.7. The molecule has 0 atom stereocenters. The standard InChI is InChI=1S/C13H13FN2/c1-7(2)11-8(3)4-10(14)13-12(11)9(5-15)6-16-13/h4,6-7,16H,1-3H3. The van der Waals surface area contributed by atoms with Gasteiger partial charge in [-0.15, -0.1) is 0 Å². The molecule has 0 aliphatic heterocycles. The van der Waals surface area contributed by atoms with Crippen LogP contribution in [0, 0.1) is 24.1 Å². The van der Waals surface area contributed by atoms with Gasteiger partial charge in [-0.05, 0) is 30.0 Å². The first kappa shape index (κ1) is 10.7. The van der Waals surface area contributed by atoms with Gasteiger partial charge in [-0.2, -0.15) is 5.26 Å². The number of benzene rings is 1. The van der Waals surface area contributed by atoms with E-state index >= 15 is 0 Å². The third-order valence-electron chi connectivity index (χ3n) is 2.85. The maximum atomic E-state index is 13.7. The number of hydrogen-bond acceptors (Lipinski definition) is 1. The van der Waals surface area contributed by atoms with Crippen molar-refractivity contribution < 1.29 is 4.39 Å². The Kier molecular flexibility index (Phi) is 2.43. The molecule has 82 valence electrons. The fourth-order valence-electron chi connectivity index (χ4n) is 2.26. The Morgan fingerprint density at radius 1 is 1.44 bits per heavy atom. The van der Waals surface area contributed by atoms with Crippen LogP contribution in [0.1, 0.15) is 36.5 Å². The largest absolute Gasteiger partial charge is 0.357 e. The maximum Gasteiger partial charge on any atom is 0.147 e. The Morgan fingerprint density at radius 2 is 2.12 bits per heavy atom. The summed E-state index contributed by atoms with van der Waals surface area (Å²) in [7, 11) is 0. The van der Waals surface area contributed by atoms with Crippen LogP contribution in [-0.4, -0.2) is 4.98 Å². The first-order valence-corrected chi connectivity index (χ1v) is 5.26. The van der Waals surface area contributed by atoms with E-state index in [1.165, 1.54) is 6.07 Å². The third kappa shape index (κ3) is 1.38. The third-order valence-corrected chi connectivity index (χ3v) is 2.85. The van der Waals surface area contributed by atoms with Crippen molar-refractivity contribution in [3.63, 3.8) is 0 Å². The van der Waals surface area contributed by atoms with Crippen LogP contribution >= 0.6 is 0 Å². The van der Waals surface area contributed by atoms with Crippen molar-refractivity contribution in [3.8, 4) is 6.07 Å². The summed E-state index contributed by atoms with van der Waals surface area (Å²) >= 11 is 0. The van der Waals surface area contributed by atoms with Gasteiger partial charge in [-0.3, -0.25) is 0 Å². The van der Waals surface area contributed by atoms with E-state index < -0.39 is 0 Å². The molecule has 0 saturated heterocycles. The quantitative estimate of drug-likeness (QED) is 0.777. The average Bonchev–Trinajstić information content (AvgIpc) is 2.60. The minimum atomic E-state index is -0.293. The van der Waals surface area contributed by atoms with Gasteiger partial charge in [0.25, 0.3) is 0 Å². The highest BCUT2D eigenvalue weighted by Gasteiger charge is 2.16. The van der Waals surface area contributed by atoms with E-state index in [9.17, 15) is 4.39 Å². The zero-order valence-electron chi connectivity index (χ0n) is 9.56. The van der Waals surface area contributed by atoms with E-state index in [0.29, 0.717) is 11.1 Å². The molecule has 0 unspecified atom stereocenters. The van der Waals surface area contributed by atoms with Crippen LogP contribution < -0.4 is 0 Å². The number of aromatic amines is 1. The minimum absolute atomic E-state index is 0.269. The molecule has 1 aromatic heterocycles. The van der Waals surface area contributed by atoms with Crippen LogP contribution in [0.5, 0.6) is 0 Å². The van der Waals surface area contributed by atoms with Gasteiger partial charge in [0.15, 0.2) is 0 Å². The normalized spacial score (nSPS) is 11.0. The molecule has 0 saturated carbocycles. The topological polar surface area (TPSA) is 39.6 Å². The molecule has 0 spiro atoms. The van der Waals surface area contributed by atoms with Crippen LogP contribution in [0.3, 0.4) is 0 Å². The second kappa shape index (κ2) is 3.64. The lowest BCUT2D eigenvalue weighted by Crippen LogP contribution is -1.96. The van der Waals surface area contributed by atoms with Crippen molar-refractivity contribution in [2.75, 3.05) is 0 Å². The Hall–Kier alpha value is -1.82. The average molecular weight is 216 g/mol. The summed E-state index contributed by atoms with van der Waals surface area (Å²) in [5.41, 5.74) is 2.90. The van der Waals surface area contributed by atoms with Crippen LogP contribution in [0.4, 0.5) is 4.39 Å². The predicted molar refractivity (Wildman–Crippen MR) is 61.8 cm³/mol. The highest BCUT2D eigenvalue weighted by atomic mass is 19.1. The van der Waals surface area contributed by atoms with Gasteiger partial charge in [-0.1, -0.05) is 13.8 Å². The first-order chi connectivity index (χ1) is 7.56. The molecule has 0 radical (unpaired) electrons. The van der Waals surface area contributed by atoms with Gasteiger partial charge in [0.2, 0.25) is 0 Å². The molecule has 0 aliphatic rings. The van der Waals surface area contributed by atoms with Gasteiger partial charge in [0, 0.05) is 11.6 Å². The van der Waals surface area contributed by atoms with E-state index in [1.807, 2.05) is 20.8 Å². The Balaban J connectivity index is 2.97. The van der Waals surface area contributed by atoms with Crippen LogP contribution in [0.25, 0.3) is 10.9 Å². The number of aromatic nitrogens is 1. The van der Waals surface area contributed by atoms with E-state index in [0.717, 1.165) is 16.5 Å². The molecular formula is C13H13FN2. The molecule has 0 amide bonds. The fourth-order valence-corrected chi connectivity index (χ4v) is 2.26. The summed E-state index contributed by atoms with van der Waals surface area (Å²) in [6.45, 7) is 5.98. The van der Waals surface area contributed by atoms with E-state index in [4.69, 9.17) is 5.26 Å². The SMILES string of the molecule is Cc1cc(F)c2[nH]cc(C#N)c2c1C(C)C. The molecule has 1 N–H and O–H groups in total. The summed E-state index contributed by atoms with van der Waals surface area (Å²) in [6, 6.07) is 3.62. The first-order valence-electron chi connectivity index (χ1n) is 5.26. The highest BCUT2D eigenvalue weighted by molar-refractivity contribution is 5.90. The van der Waals surface area contributed by atoms with Gasteiger partial charge in [0.1, 0.15) is 11.9 Å². The van der Waals surface area contributed by atoms with Gasteiger partial charge < -0.3 is 4.98 Å².